The molecule has 0 spiro atoms. The zero-order chi connectivity index (χ0) is 14.4. The van der Waals surface area contributed by atoms with E-state index in [0.717, 1.165) is 30.1 Å². The lowest BCUT2D eigenvalue weighted by molar-refractivity contribution is 0.583. The number of thiazole rings is 1. The van der Waals surface area contributed by atoms with Crippen LogP contribution in [0.5, 0.6) is 0 Å². The largest absolute Gasteiger partial charge is 0.317 e. The lowest BCUT2D eigenvalue weighted by Gasteiger charge is -2.02. The van der Waals surface area contributed by atoms with Crippen molar-refractivity contribution in [1.29, 1.82) is 0 Å². The molecule has 2 aromatic rings. The number of nitrogens with zero attached hydrogens (tertiary/aromatic N) is 1. The van der Waals surface area contributed by atoms with Gasteiger partial charge in [0.05, 0.1) is 17.7 Å². The molecule has 20 heavy (non-hydrogen) atoms. The Hall–Kier alpha value is -0.800. The molecule has 0 radical (unpaired) electrons. The Labute approximate surface area is 127 Å². The van der Waals surface area contributed by atoms with Crippen LogP contribution in [-0.4, -0.2) is 26.5 Å². The van der Waals surface area contributed by atoms with Gasteiger partial charge in [0.2, 0.25) is 10.0 Å². The van der Waals surface area contributed by atoms with Gasteiger partial charge >= 0.3 is 0 Å². The minimum Gasteiger partial charge on any atom is -0.317 e. The third-order valence-electron chi connectivity index (χ3n) is 2.63. The predicted octanol–water partition coefficient (Wildman–Crippen LogP) is 1.84. The number of likely N-dealkylation sites (N-methyl/N-ethyl adjacent to an activating group) is 1. The van der Waals surface area contributed by atoms with Crippen molar-refractivity contribution in [3.8, 4) is 0 Å². The average molecular weight is 331 g/mol. The molecule has 0 saturated carbocycles. The van der Waals surface area contributed by atoms with Crippen molar-refractivity contribution in [2.75, 3.05) is 13.1 Å². The summed E-state index contributed by atoms with van der Waals surface area (Å²) in [5, 5.41) is 5.06. The quantitative estimate of drug-likeness (QED) is 0.724. The third kappa shape index (κ3) is 4.35. The van der Waals surface area contributed by atoms with Crippen LogP contribution in [0.15, 0.2) is 27.2 Å². The Morgan fingerprint density at radius 2 is 2.20 bits per heavy atom. The first-order chi connectivity index (χ1) is 9.62. The first-order valence-electron chi connectivity index (χ1n) is 6.28. The van der Waals surface area contributed by atoms with E-state index < -0.39 is 10.0 Å². The number of thiophene rings is 1. The predicted molar refractivity (Wildman–Crippen MR) is 82.7 cm³/mol. The van der Waals surface area contributed by atoms with Gasteiger partial charge in [0.25, 0.3) is 0 Å². The SMILES string of the molecule is CCNCCc1ccc(S(=O)(=O)NCc2cscn2)s1. The molecule has 2 aromatic heterocycles. The van der Waals surface area contributed by atoms with E-state index in [1.807, 2.05) is 18.4 Å². The molecule has 0 fully saturated rings. The molecule has 2 heterocycles. The normalized spacial score (nSPS) is 11.8. The van der Waals surface area contributed by atoms with Crippen molar-refractivity contribution in [2.24, 2.45) is 0 Å². The summed E-state index contributed by atoms with van der Waals surface area (Å²) in [6.45, 7) is 4.07. The maximum atomic E-state index is 12.1. The van der Waals surface area contributed by atoms with E-state index in [-0.39, 0.29) is 6.54 Å². The van der Waals surface area contributed by atoms with Crippen molar-refractivity contribution >= 4 is 32.7 Å². The summed E-state index contributed by atoms with van der Waals surface area (Å²) in [5.41, 5.74) is 2.43. The highest BCUT2D eigenvalue weighted by atomic mass is 32.2. The van der Waals surface area contributed by atoms with E-state index in [4.69, 9.17) is 0 Å². The smallest absolute Gasteiger partial charge is 0.250 e. The number of hydrogen-bond acceptors (Lipinski definition) is 6. The molecule has 0 saturated heterocycles. The number of aromatic nitrogens is 1. The number of sulfonamides is 1. The zero-order valence-electron chi connectivity index (χ0n) is 11.1. The van der Waals surface area contributed by atoms with Crippen LogP contribution < -0.4 is 10.0 Å². The van der Waals surface area contributed by atoms with Crippen LogP contribution in [0.25, 0.3) is 0 Å². The molecule has 0 aromatic carbocycles. The highest BCUT2D eigenvalue weighted by Gasteiger charge is 2.16. The Morgan fingerprint density at radius 1 is 1.35 bits per heavy atom. The van der Waals surface area contributed by atoms with Gasteiger partial charge in [-0.2, -0.15) is 0 Å². The maximum Gasteiger partial charge on any atom is 0.250 e. The Balaban J connectivity index is 1.95. The molecule has 0 bridgehead atoms. The standard InChI is InChI=1S/C12H17N3O2S3/c1-2-13-6-5-11-3-4-12(19-11)20(16,17)15-7-10-8-18-9-14-10/h3-4,8-9,13,15H,2,5-7H2,1H3. The summed E-state index contributed by atoms with van der Waals surface area (Å²) < 4.78 is 27.2. The minimum absolute atomic E-state index is 0.233. The molecule has 110 valence electrons. The van der Waals surface area contributed by atoms with Crippen molar-refractivity contribution in [2.45, 2.75) is 24.1 Å². The first kappa shape index (κ1) is 15.6. The summed E-state index contributed by atoms with van der Waals surface area (Å²) in [6.07, 6.45) is 0.847. The number of rotatable bonds is 8. The van der Waals surface area contributed by atoms with Gasteiger partial charge in [-0.1, -0.05) is 6.92 Å². The van der Waals surface area contributed by atoms with Crippen molar-refractivity contribution in [3.63, 3.8) is 0 Å². The van der Waals surface area contributed by atoms with Crippen LogP contribution in [-0.2, 0) is 23.0 Å². The highest BCUT2D eigenvalue weighted by Crippen LogP contribution is 2.22. The van der Waals surface area contributed by atoms with Gasteiger partial charge in [0.15, 0.2) is 0 Å². The van der Waals surface area contributed by atoms with Gasteiger partial charge in [-0.15, -0.1) is 22.7 Å². The average Bonchev–Trinajstić information content (AvgIpc) is 3.08. The van der Waals surface area contributed by atoms with Gasteiger partial charge in [-0.3, -0.25) is 0 Å². The summed E-state index contributed by atoms with van der Waals surface area (Å²) >= 11 is 2.77. The van der Waals surface area contributed by atoms with Gasteiger partial charge in [-0.25, -0.2) is 18.1 Å². The van der Waals surface area contributed by atoms with E-state index in [1.165, 1.54) is 22.7 Å². The van der Waals surface area contributed by atoms with E-state index in [1.54, 1.807) is 11.6 Å². The molecular weight excluding hydrogens is 314 g/mol. The Bertz CT molecular complexity index is 620. The van der Waals surface area contributed by atoms with Crippen molar-refractivity contribution < 1.29 is 8.42 Å². The fourth-order valence-electron chi connectivity index (χ4n) is 1.59. The first-order valence-corrected chi connectivity index (χ1v) is 9.52. The topological polar surface area (TPSA) is 71.1 Å². The van der Waals surface area contributed by atoms with Crippen molar-refractivity contribution in [1.82, 2.24) is 15.0 Å². The second-order valence-corrected chi connectivity index (χ2v) is 8.01. The number of nitrogens with one attached hydrogen (secondary N) is 2. The van der Waals surface area contributed by atoms with Gasteiger partial charge in [0, 0.05) is 10.3 Å². The highest BCUT2D eigenvalue weighted by molar-refractivity contribution is 7.91. The molecule has 0 aliphatic carbocycles. The number of hydrogen-bond donors (Lipinski definition) is 2. The van der Waals surface area contributed by atoms with Crippen LogP contribution >= 0.6 is 22.7 Å². The summed E-state index contributed by atoms with van der Waals surface area (Å²) in [7, 11) is -3.43. The second kappa shape index (κ2) is 7.28. The monoisotopic (exact) mass is 331 g/mol. The van der Waals surface area contributed by atoms with Crippen LogP contribution in [0.1, 0.15) is 17.5 Å². The van der Waals surface area contributed by atoms with Crippen LogP contribution in [0.4, 0.5) is 0 Å². The Morgan fingerprint density at radius 3 is 2.90 bits per heavy atom. The minimum atomic E-state index is -3.43. The summed E-state index contributed by atoms with van der Waals surface area (Å²) in [4.78, 5) is 5.12. The molecule has 0 amide bonds. The molecule has 0 atom stereocenters. The van der Waals surface area contributed by atoms with E-state index >= 15 is 0 Å². The molecule has 0 aliphatic rings. The zero-order valence-corrected chi connectivity index (χ0v) is 13.6. The fraction of sp³-hybridized carbons (Fsp3) is 0.417. The van der Waals surface area contributed by atoms with Crippen LogP contribution in [0, 0.1) is 0 Å². The van der Waals surface area contributed by atoms with E-state index in [2.05, 4.69) is 15.0 Å². The van der Waals surface area contributed by atoms with Crippen LogP contribution in [0.2, 0.25) is 0 Å². The molecule has 2 N–H and O–H groups in total. The molecule has 8 heteroatoms. The van der Waals surface area contributed by atoms with Crippen molar-refractivity contribution in [3.05, 3.63) is 33.6 Å². The molecule has 0 unspecified atom stereocenters. The second-order valence-electron chi connectivity index (χ2n) is 4.13. The van der Waals surface area contributed by atoms with E-state index in [0.29, 0.717) is 4.21 Å². The molecule has 2 rings (SSSR count). The van der Waals surface area contributed by atoms with Gasteiger partial charge in [0.1, 0.15) is 4.21 Å². The third-order valence-corrected chi connectivity index (χ3v) is 6.30. The molecular formula is C12H17N3O2S3. The Kier molecular flexibility index (Phi) is 5.67. The summed E-state index contributed by atoms with van der Waals surface area (Å²) in [5.74, 6) is 0. The lowest BCUT2D eigenvalue weighted by Crippen LogP contribution is -2.22. The molecule has 0 aliphatic heterocycles. The van der Waals surface area contributed by atoms with Gasteiger partial charge in [-0.05, 0) is 31.6 Å². The lowest BCUT2D eigenvalue weighted by atomic mass is 10.3. The fourth-order valence-corrected chi connectivity index (χ4v) is 4.55. The van der Waals surface area contributed by atoms with E-state index in [9.17, 15) is 8.42 Å². The summed E-state index contributed by atoms with van der Waals surface area (Å²) in [6, 6.07) is 3.54. The maximum absolute atomic E-state index is 12.1. The van der Waals surface area contributed by atoms with Crippen LogP contribution in [0.3, 0.4) is 0 Å². The van der Waals surface area contributed by atoms with Gasteiger partial charge < -0.3 is 5.32 Å². The molecule has 5 nitrogen and oxygen atoms in total.